The Balaban J connectivity index is 2.11. The first kappa shape index (κ1) is 12.5. The Bertz CT molecular complexity index is 208. The predicted octanol–water partition coefficient (Wildman–Crippen LogP) is 0.0392. The van der Waals surface area contributed by atoms with Gasteiger partial charge in [0, 0.05) is 19.5 Å². The van der Waals surface area contributed by atoms with Gasteiger partial charge in [0.2, 0.25) is 5.91 Å². The van der Waals surface area contributed by atoms with Gasteiger partial charge in [-0.3, -0.25) is 4.79 Å². The topological polar surface area (TPSA) is 58.4 Å². The molecule has 0 saturated carbocycles. The first-order chi connectivity index (χ1) is 7.11. The number of carbonyl (C=O) groups excluding carboxylic acids is 1. The van der Waals surface area contributed by atoms with E-state index in [0.29, 0.717) is 18.9 Å². The lowest BCUT2D eigenvalue weighted by molar-refractivity contribution is -0.122. The highest BCUT2D eigenvalue weighted by molar-refractivity contribution is 5.76. The molecular formula is C11H23N3O. The van der Waals surface area contributed by atoms with Crippen molar-refractivity contribution in [3.8, 4) is 0 Å². The Kier molecular flexibility index (Phi) is 5.05. The van der Waals surface area contributed by atoms with Gasteiger partial charge in [-0.1, -0.05) is 6.92 Å². The quantitative estimate of drug-likeness (QED) is 0.678. The third-order valence-corrected chi connectivity index (χ3v) is 3.01. The average Bonchev–Trinajstić information content (AvgIpc) is 2.61. The van der Waals surface area contributed by atoms with Crippen molar-refractivity contribution in [2.75, 3.05) is 33.2 Å². The minimum absolute atomic E-state index is 0.141. The molecule has 1 fully saturated rings. The zero-order chi connectivity index (χ0) is 11.3. The molecule has 0 spiro atoms. The molecule has 15 heavy (non-hydrogen) atoms. The summed E-state index contributed by atoms with van der Waals surface area (Å²) in [6, 6.07) is 0. The van der Waals surface area contributed by atoms with E-state index in [2.05, 4.69) is 17.3 Å². The molecule has 1 rings (SSSR count). The van der Waals surface area contributed by atoms with Crippen molar-refractivity contribution in [2.45, 2.75) is 19.8 Å². The molecule has 1 heterocycles. The zero-order valence-corrected chi connectivity index (χ0v) is 9.83. The van der Waals surface area contributed by atoms with Gasteiger partial charge in [-0.05, 0) is 38.4 Å². The van der Waals surface area contributed by atoms with Crippen LogP contribution in [0.2, 0.25) is 0 Å². The summed E-state index contributed by atoms with van der Waals surface area (Å²) < 4.78 is 0. The number of carbonyl (C=O) groups is 1. The predicted molar refractivity (Wildman–Crippen MR) is 61.4 cm³/mol. The number of likely N-dealkylation sites (tertiary alicyclic amines) is 1. The van der Waals surface area contributed by atoms with Crippen LogP contribution in [0.5, 0.6) is 0 Å². The van der Waals surface area contributed by atoms with Crippen LogP contribution < -0.4 is 11.1 Å². The van der Waals surface area contributed by atoms with Gasteiger partial charge >= 0.3 is 0 Å². The summed E-state index contributed by atoms with van der Waals surface area (Å²) >= 11 is 0. The molecule has 0 aromatic heterocycles. The first-order valence-corrected chi connectivity index (χ1v) is 5.77. The fraction of sp³-hybridized carbons (Fsp3) is 0.909. The summed E-state index contributed by atoms with van der Waals surface area (Å²) in [6.45, 7) is 5.66. The summed E-state index contributed by atoms with van der Waals surface area (Å²) in [5, 5.41) is 2.99. The number of nitrogens with two attached hydrogens (primary N) is 1. The molecule has 1 saturated heterocycles. The summed E-state index contributed by atoms with van der Waals surface area (Å²) in [4.78, 5) is 13.8. The van der Waals surface area contributed by atoms with Crippen molar-refractivity contribution in [1.82, 2.24) is 10.2 Å². The van der Waals surface area contributed by atoms with Gasteiger partial charge in [0.15, 0.2) is 0 Å². The second kappa shape index (κ2) is 6.08. The minimum atomic E-state index is 0.141. The molecule has 1 aliphatic rings. The maximum absolute atomic E-state index is 11.5. The van der Waals surface area contributed by atoms with E-state index >= 15 is 0 Å². The van der Waals surface area contributed by atoms with Gasteiger partial charge in [0.1, 0.15) is 0 Å². The van der Waals surface area contributed by atoms with Crippen molar-refractivity contribution in [1.29, 1.82) is 0 Å². The summed E-state index contributed by atoms with van der Waals surface area (Å²) in [5.41, 5.74) is 5.47. The Labute approximate surface area is 92.2 Å². The lowest BCUT2D eigenvalue weighted by atomic mass is 10.1. The number of amides is 1. The molecule has 0 aromatic rings. The second-order valence-corrected chi connectivity index (χ2v) is 4.77. The molecule has 0 radical (unpaired) electrons. The van der Waals surface area contributed by atoms with E-state index in [9.17, 15) is 4.79 Å². The van der Waals surface area contributed by atoms with E-state index in [4.69, 9.17) is 5.73 Å². The third kappa shape index (κ3) is 4.62. The zero-order valence-electron chi connectivity index (χ0n) is 9.83. The van der Waals surface area contributed by atoms with Gasteiger partial charge in [-0.15, -0.1) is 0 Å². The van der Waals surface area contributed by atoms with Crippen molar-refractivity contribution in [3.05, 3.63) is 0 Å². The van der Waals surface area contributed by atoms with E-state index < -0.39 is 0 Å². The first-order valence-electron chi connectivity index (χ1n) is 5.77. The maximum Gasteiger partial charge on any atom is 0.220 e. The molecule has 0 bridgehead atoms. The van der Waals surface area contributed by atoms with Gasteiger partial charge in [0.05, 0.1) is 0 Å². The van der Waals surface area contributed by atoms with Crippen LogP contribution in [0.3, 0.4) is 0 Å². The van der Waals surface area contributed by atoms with Gasteiger partial charge in [0.25, 0.3) is 0 Å². The Morgan fingerprint density at radius 3 is 2.93 bits per heavy atom. The molecule has 0 aromatic carbocycles. The lowest BCUT2D eigenvalue weighted by Gasteiger charge is -2.13. The van der Waals surface area contributed by atoms with Gasteiger partial charge in [-0.25, -0.2) is 0 Å². The second-order valence-electron chi connectivity index (χ2n) is 4.77. The van der Waals surface area contributed by atoms with Crippen molar-refractivity contribution in [3.63, 3.8) is 0 Å². The molecule has 4 heteroatoms. The van der Waals surface area contributed by atoms with Crippen LogP contribution in [-0.2, 0) is 4.79 Å². The standard InChI is InChI=1S/C11H23N3O/c1-9(6-12)5-11(15)13-7-10-3-4-14(2)8-10/h9-10H,3-8,12H2,1-2H3,(H,13,15). The van der Waals surface area contributed by atoms with Crippen LogP contribution in [0.15, 0.2) is 0 Å². The van der Waals surface area contributed by atoms with Crippen molar-refractivity contribution in [2.24, 2.45) is 17.6 Å². The summed E-state index contributed by atoms with van der Waals surface area (Å²) in [7, 11) is 2.12. The normalized spacial score (nSPS) is 24.1. The van der Waals surface area contributed by atoms with Crippen LogP contribution in [-0.4, -0.2) is 44.0 Å². The van der Waals surface area contributed by atoms with Crippen LogP contribution >= 0.6 is 0 Å². The van der Waals surface area contributed by atoms with Crippen LogP contribution in [0.25, 0.3) is 0 Å². The third-order valence-electron chi connectivity index (χ3n) is 3.01. The van der Waals surface area contributed by atoms with Crippen LogP contribution in [0.4, 0.5) is 0 Å². The minimum Gasteiger partial charge on any atom is -0.356 e. The molecule has 4 nitrogen and oxygen atoms in total. The number of nitrogens with zero attached hydrogens (tertiary/aromatic N) is 1. The number of nitrogens with one attached hydrogen (secondary N) is 1. The highest BCUT2D eigenvalue weighted by Crippen LogP contribution is 2.12. The Hall–Kier alpha value is -0.610. The molecule has 1 aliphatic heterocycles. The molecule has 88 valence electrons. The van der Waals surface area contributed by atoms with E-state index in [1.54, 1.807) is 0 Å². The highest BCUT2D eigenvalue weighted by atomic mass is 16.1. The van der Waals surface area contributed by atoms with Crippen LogP contribution in [0.1, 0.15) is 19.8 Å². The van der Waals surface area contributed by atoms with Gasteiger partial charge in [-0.2, -0.15) is 0 Å². The average molecular weight is 213 g/mol. The molecule has 0 aliphatic carbocycles. The molecular weight excluding hydrogens is 190 g/mol. The Morgan fingerprint density at radius 1 is 1.67 bits per heavy atom. The SMILES string of the molecule is CC(CN)CC(=O)NCC1CCN(C)C1. The van der Waals surface area contributed by atoms with E-state index in [-0.39, 0.29) is 11.8 Å². The monoisotopic (exact) mass is 213 g/mol. The smallest absolute Gasteiger partial charge is 0.220 e. The Morgan fingerprint density at radius 2 is 2.40 bits per heavy atom. The lowest BCUT2D eigenvalue weighted by Crippen LogP contribution is -2.32. The van der Waals surface area contributed by atoms with Crippen molar-refractivity contribution >= 4 is 5.91 Å². The van der Waals surface area contributed by atoms with E-state index in [1.807, 2.05) is 6.92 Å². The van der Waals surface area contributed by atoms with Crippen LogP contribution in [0, 0.1) is 11.8 Å². The van der Waals surface area contributed by atoms with Crippen molar-refractivity contribution < 1.29 is 4.79 Å². The van der Waals surface area contributed by atoms with E-state index in [1.165, 1.54) is 6.42 Å². The maximum atomic E-state index is 11.5. The number of hydrogen-bond acceptors (Lipinski definition) is 3. The molecule has 3 N–H and O–H groups in total. The fourth-order valence-electron chi connectivity index (χ4n) is 1.92. The summed E-state index contributed by atoms with van der Waals surface area (Å²) in [5.74, 6) is 1.06. The number of hydrogen-bond donors (Lipinski definition) is 2. The van der Waals surface area contributed by atoms with E-state index in [0.717, 1.165) is 19.6 Å². The largest absolute Gasteiger partial charge is 0.356 e. The molecule has 2 atom stereocenters. The molecule has 2 unspecified atom stereocenters. The molecule has 1 amide bonds. The summed E-state index contributed by atoms with van der Waals surface area (Å²) in [6.07, 6.45) is 1.75. The number of rotatable bonds is 5. The van der Waals surface area contributed by atoms with Gasteiger partial charge < -0.3 is 16.0 Å². The fourth-order valence-corrected chi connectivity index (χ4v) is 1.92. The highest BCUT2D eigenvalue weighted by Gasteiger charge is 2.19.